The van der Waals surface area contributed by atoms with Gasteiger partial charge in [-0.1, -0.05) is 23.2 Å². The van der Waals surface area contributed by atoms with E-state index in [2.05, 4.69) is 15.6 Å². The quantitative estimate of drug-likeness (QED) is 0.586. The molecule has 8 heteroatoms. The monoisotopic (exact) mass is 319 g/mol. The first kappa shape index (κ1) is 16.7. The topological polar surface area (TPSA) is 80.3 Å². The molecule has 0 atom stereocenters. The van der Waals surface area contributed by atoms with Crippen LogP contribution < -0.4 is 10.6 Å². The number of rotatable bonds is 7. The van der Waals surface area contributed by atoms with Crippen molar-refractivity contribution < 1.29 is 14.3 Å². The minimum absolute atomic E-state index is 0.166. The van der Waals surface area contributed by atoms with E-state index < -0.39 is 5.91 Å². The minimum Gasteiger partial charge on any atom is -0.383 e. The number of carbonyl (C=O) groups excluding carboxylic acids is 2. The molecular formula is C12H15Cl2N3O3. The second-order valence-electron chi connectivity index (χ2n) is 3.84. The fourth-order valence-electron chi connectivity index (χ4n) is 1.35. The summed E-state index contributed by atoms with van der Waals surface area (Å²) in [6.07, 6.45) is 1.47. The van der Waals surface area contributed by atoms with Gasteiger partial charge in [-0.15, -0.1) is 0 Å². The number of ether oxygens (including phenoxy) is 1. The van der Waals surface area contributed by atoms with Crippen molar-refractivity contribution in [3.8, 4) is 0 Å². The van der Waals surface area contributed by atoms with Crippen LogP contribution in [0.5, 0.6) is 0 Å². The van der Waals surface area contributed by atoms with Crippen LogP contribution in [0.4, 0.5) is 0 Å². The largest absolute Gasteiger partial charge is 0.383 e. The van der Waals surface area contributed by atoms with E-state index in [1.165, 1.54) is 12.3 Å². The lowest BCUT2D eigenvalue weighted by Crippen LogP contribution is -2.32. The Balaban J connectivity index is 2.36. The van der Waals surface area contributed by atoms with Gasteiger partial charge in [0.2, 0.25) is 5.91 Å². The lowest BCUT2D eigenvalue weighted by atomic mass is 10.2. The molecule has 0 saturated carbocycles. The average Bonchev–Trinajstić information content (AvgIpc) is 2.41. The van der Waals surface area contributed by atoms with Gasteiger partial charge in [0.05, 0.1) is 17.2 Å². The molecule has 1 aromatic heterocycles. The second-order valence-corrected chi connectivity index (χ2v) is 4.63. The number of hydrogen-bond acceptors (Lipinski definition) is 4. The van der Waals surface area contributed by atoms with Gasteiger partial charge in [-0.2, -0.15) is 0 Å². The minimum atomic E-state index is -0.399. The molecule has 0 aliphatic heterocycles. The van der Waals surface area contributed by atoms with Crippen molar-refractivity contribution in [3.05, 3.63) is 28.0 Å². The highest BCUT2D eigenvalue weighted by Crippen LogP contribution is 2.17. The first-order valence-electron chi connectivity index (χ1n) is 5.89. The standard InChI is InChI=1S/C12H15Cl2N3O3/c1-20-5-4-15-11(18)2-3-16-12(19)8-6-10(14)17-7-9(8)13/h6-7H,2-5H2,1H3,(H,15,18)(H,16,19). The number of methoxy groups -OCH3 is 1. The molecule has 1 rings (SSSR count). The molecule has 110 valence electrons. The van der Waals surface area contributed by atoms with E-state index in [4.69, 9.17) is 27.9 Å². The first-order valence-corrected chi connectivity index (χ1v) is 6.65. The van der Waals surface area contributed by atoms with Crippen molar-refractivity contribution in [2.24, 2.45) is 0 Å². The zero-order valence-electron chi connectivity index (χ0n) is 10.9. The van der Waals surface area contributed by atoms with Crippen LogP contribution in [0.2, 0.25) is 10.2 Å². The molecule has 2 amide bonds. The Hall–Kier alpha value is -1.37. The van der Waals surface area contributed by atoms with Crippen LogP contribution >= 0.6 is 23.2 Å². The number of aromatic nitrogens is 1. The third-order valence-corrected chi connectivity index (χ3v) is 2.84. The number of hydrogen-bond donors (Lipinski definition) is 2. The van der Waals surface area contributed by atoms with Gasteiger partial charge in [-0.3, -0.25) is 9.59 Å². The summed E-state index contributed by atoms with van der Waals surface area (Å²) in [5.74, 6) is -0.565. The molecule has 0 saturated heterocycles. The van der Waals surface area contributed by atoms with Crippen molar-refractivity contribution in [1.82, 2.24) is 15.6 Å². The zero-order chi connectivity index (χ0) is 15.0. The van der Waals surface area contributed by atoms with Crippen LogP contribution in [0, 0.1) is 0 Å². The molecule has 6 nitrogen and oxygen atoms in total. The molecule has 0 aromatic carbocycles. The van der Waals surface area contributed by atoms with E-state index in [0.29, 0.717) is 13.2 Å². The maximum absolute atomic E-state index is 11.8. The number of pyridine rings is 1. The van der Waals surface area contributed by atoms with Gasteiger partial charge in [0.1, 0.15) is 5.15 Å². The number of halogens is 2. The van der Waals surface area contributed by atoms with Crippen LogP contribution in [0.15, 0.2) is 12.3 Å². The molecule has 0 fully saturated rings. The van der Waals surface area contributed by atoms with Gasteiger partial charge >= 0.3 is 0 Å². The summed E-state index contributed by atoms with van der Waals surface area (Å²) in [5, 5.41) is 5.61. The predicted molar refractivity (Wildman–Crippen MR) is 76.1 cm³/mol. The van der Waals surface area contributed by atoms with Crippen LogP contribution in [0.1, 0.15) is 16.8 Å². The van der Waals surface area contributed by atoms with Gasteiger partial charge in [0.25, 0.3) is 5.91 Å². The number of carbonyl (C=O) groups is 2. The van der Waals surface area contributed by atoms with Crippen LogP contribution in [0.3, 0.4) is 0 Å². The summed E-state index contributed by atoms with van der Waals surface area (Å²) in [4.78, 5) is 27.0. The lowest BCUT2D eigenvalue weighted by Gasteiger charge is -2.07. The number of amides is 2. The Morgan fingerprint density at radius 2 is 2.05 bits per heavy atom. The molecule has 0 radical (unpaired) electrons. The summed E-state index contributed by atoms with van der Waals surface area (Å²) >= 11 is 11.5. The van der Waals surface area contributed by atoms with E-state index in [1.54, 1.807) is 7.11 Å². The summed E-state index contributed by atoms with van der Waals surface area (Å²) in [7, 11) is 1.55. The van der Waals surface area contributed by atoms with Gasteiger partial charge in [0, 0.05) is 32.8 Å². The van der Waals surface area contributed by atoms with Crippen LogP contribution in [-0.2, 0) is 9.53 Å². The SMILES string of the molecule is COCCNC(=O)CCNC(=O)c1cc(Cl)ncc1Cl. The van der Waals surface area contributed by atoms with E-state index in [1.807, 2.05) is 0 Å². The van der Waals surface area contributed by atoms with Crippen molar-refractivity contribution >= 4 is 35.0 Å². The normalized spacial score (nSPS) is 10.2. The fourth-order valence-corrected chi connectivity index (χ4v) is 1.70. The van der Waals surface area contributed by atoms with E-state index >= 15 is 0 Å². The van der Waals surface area contributed by atoms with Crippen molar-refractivity contribution in [3.63, 3.8) is 0 Å². The second kappa shape index (κ2) is 8.73. The third kappa shape index (κ3) is 5.73. The van der Waals surface area contributed by atoms with Crippen molar-refractivity contribution in [2.75, 3.05) is 26.8 Å². The Labute approximate surface area is 126 Å². The summed E-state index contributed by atoms with van der Waals surface area (Å²) < 4.78 is 4.80. The maximum Gasteiger partial charge on any atom is 0.252 e. The molecule has 1 aromatic rings. The maximum atomic E-state index is 11.8. The fraction of sp³-hybridized carbons (Fsp3) is 0.417. The summed E-state index contributed by atoms with van der Waals surface area (Å²) in [6, 6.07) is 1.37. The molecule has 0 aliphatic carbocycles. The van der Waals surface area contributed by atoms with Gasteiger partial charge < -0.3 is 15.4 Å². The van der Waals surface area contributed by atoms with E-state index in [9.17, 15) is 9.59 Å². The van der Waals surface area contributed by atoms with Crippen molar-refractivity contribution in [2.45, 2.75) is 6.42 Å². The smallest absolute Gasteiger partial charge is 0.252 e. The molecule has 0 bridgehead atoms. The summed E-state index contributed by atoms with van der Waals surface area (Å²) in [6.45, 7) is 1.09. The highest BCUT2D eigenvalue weighted by Gasteiger charge is 2.11. The first-order chi connectivity index (χ1) is 9.54. The third-order valence-electron chi connectivity index (χ3n) is 2.33. The van der Waals surface area contributed by atoms with Crippen molar-refractivity contribution in [1.29, 1.82) is 0 Å². The van der Waals surface area contributed by atoms with Crippen LogP contribution in [-0.4, -0.2) is 43.6 Å². The Morgan fingerprint density at radius 3 is 2.75 bits per heavy atom. The molecule has 20 heavy (non-hydrogen) atoms. The molecular weight excluding hydrogens is 305 g/mol. The molecule has 2 N–H and O–H groups in total. The summed E-state index contributed by atoms with van der Waals surface area (Å²) in [5.41, 5.74) is 0.228. The highest BCUT2D eigenvalue weighted by atomic mass is 35.5. The Kier molecular flexibility index (Phi) is 7.28. The van der Waals surface area contributed by atoms with Gasteiger partial charge in [-0.25, -0.2) is 4.98 Å². The molecule has 1 heterocycles. The zero-order valence-corrected chi connectivity index (χ0v) is 12.4. The molecule has 0 unspecified atom stereocenters. The Morgan fingerprint density at radius 1 is 1.30 bits per heavy atom. The molecule has 0 aliphatic rings. The highest BCUT2D eigenvalue weighted by molar-refractivity contribution is 6.35. The van der Waals surface area contributed by atoms with Crippen LogP contribution in [0.25, 0.3) is 0 Å². The van der Waals surface area contributed by atoms with E-state index in [0.717, 1.165) is 0 Å². The van der Waals surface area contributed by atoms with Gasteiger partial charge in [0.15, 0.2) is 0 Å². The lowest BCUT2D eigenvalue weighted by molar-refractivity contribution is -0.121. The predicted octanol–water partition coefficient (Wildman–Crippen LogP) is 1.27. The Bertz CT molecular complexity index is 483. The van der Waals surface area contributed by atoms with E-state index in [-0.39, 0.29) is 34.6 Å². The molecule has 0 spiro atoms. The average molecular weight is 320 g/mol. The van der Waals surface area contributed by atoms with Gasteiger partial charge in [-0.05, 0) is 6.07 Å². The number of nitrogens with zero attached hydrogens (tertiary/aromatic N) is 1. The number of nitrogens with one attached hydrogen (secondary N) is 2.